The third kappa shape index (κ3) is 2.84. The summed E-state index contributed by atoms with van der Waals surface area (Å²) in [5.74, 6) is 0.723. The predicted molar refractivity (Wildman–Crippen MR) is 85.1 cm³/mol. The summed E-state index contributed by atoms with van der Waals surface area (Å²) >= 11 is 0. The van der Waals surface area contributed by atoms with Crippen molar-refractivity contribution in [2.45, 2.75) is 63.5 Å². The Morgan fingerprint density at radius 3 is 2.71 bits per heavy atom. The largest absolute Gasteiger partial charge is 0.339 e. The molecule has 1 saturated carbocycles. The maximum atomic E-state index is 12.6. The summed E-state index contributed by atoms with van der Waals surface area (Å²) in [6.45, 7) is 5.18. The number of nitrogens with two attached hydrogens (primary N) is 1. The van der Waals surface area contributed by atoms with Crippen LogP contribution in [0.5, 0.6) is 0 Å². The second-order valence-electron chi connectivity index (χ2n) is 7.08. The maximum absolute atomic E-state index is 12.6. The Balaban J connectivity index is 1.68. The standard InChI is InChI=1S/C18H26N2O/c1-13-6-3-4-7-16(13)15-10-14(2)20(12-15)17(21)11-18(19)8-5-9-18/h3-4,6-7,14-15H,5,8-12,19H2,1-2H3/t14-,15-/m0/s1. The second-order valence-corrected chi connectivity index (χ2v) is 7.08. The van der Waals surface area contributed by atoms with Crippen molar-refractivity contribution in [3.05, 3.63) is 35.4 Å². The zero-order chi connectivity index (χ0) is 15.0. The number of carbonyl (C=O) groups excluding carboxylic acids is 1. The summed E-state index contributed by atoms with van der Waals surface area (Å²) in [7, 11) is 0. The molecular weight excluding hydrogens is 260 g/mol. The van der Waals surface area contributed by atoms with Crippen molar-refractivity contribution in [2.75, 3.05) is 6.54 Å². The van der Waals surface area contributed by atoms with Crippen LogP contribution in [0.15, 0.2) is 24.3 Å². The van der Waals surface area contributed by atoms with Gasteiger partial charge in [0.05, 0.1) is 0 Å². The van der Waals surface area contributed by atoms with Crippen molar-refractivity contribution in [3.8, 4) is 0 Å². The quantitative estimate of drug-likeness (QED) is 0.928. The molecular formula is C18H26N2O. The summed E-state index contributed by atoms with van der Waals surface area (Å²) < 4.78 is 0. The Bertz CT molecular complexity index is 536. The summed E-state index contributed by atoms with van der Waals surface area (Å²) in [5.41, 5.74) is 8.75. The van der Waals surface area contributed by atoms with Crippen LogP contribution in [0.1, 0.15) is 56.1 Å². The predicted octanol–water partition coefficient (Wildman–Crippen LogP) is 2.97. The third-order valence-electron chi connectivity index (χ3n) is 5.38. The van der Waals surface area contributed by atoms with Gasteiger partial charge in [0, 0.05) is 30.5 Å². The van der Waals surface area contributed by atoms with Crippen molar-refractivity contribution in [1.82, 2.24) is 4.90 Å². The molecule has 1 saturated heterocycles. The number of rotatable bonds is 3. The molecule has 1 heterocycles. The summed E-state index contributed by atoms with van der Waals surface area (Å²) in [6.07, 6.45) is 4.77. The maximum Gasteiger partial charge on any atom is 0.224 e. The summed E-state index contributed by atoms with van der Waals surface area (Å²) in [4.78, 5) is 14.6. The van der Waals surface area contributed by atoms with Crippen LogP contribution < -0.4 is 5.73 Å². The number of amides is 1. The van der Waals surface area contributed by atoms with E-state index < -0.39 is 0 Å². The highest BCUT2D eigenvalue weighted by Crippen LogP contribution is 2.36. The lowest BCUT2D eigenvalue weighted by molar-refractivity contribution is -0.133. The highest BCUT2D eigenvalue weighted by Gasteiger charge is 2.39. The lowest BCUT2D eigenvalue weighted by atomic mass is 9.75. The lowest BCUT2D eigenvalue weighted by Crippen LogP contribution is -2.51. The Hall–Kier alpha value is -1.35. The fourth-order valence-electron chi connectivity index (χ4n) is 3.86. The van der Waals surface area contributed by atoms with E-state index in [4.69, 9.17) is 5.73 Å². The van der Waals surface area contributed by atoms with Crippen LogP contribution in [0.25, 0.3) is 0 Å². The molecule has 1 aromatic rings. The molecule has 114 valence electrons. The third-order valence-corrected chi connectivity index (χ3v) is 5.38. The number of carbonyl (C=O) groups is 1. The molecule has 2 atom stereocenters. The molecule has 1 aromatic carbocycles. The first-order valence-corrected chi connectivity index (χ1v) is 8.12. The Labute approximate surface area is 127 Å². The Morgan fingerprint density at radius 1 is 1.38 bits per heavy atom. The minimum absolute atomic E-state index is 0.211. The van der Waals surface area contributed by atoms with Gasteiger partial charge in [-0.05, 0) is 50.7 Å². The topological polar surface area (TPSA) is 46.3 Å². The first-order chi connectivity index (χ1) is 9.98. The van der Waals surface area contributed by atoms with E-state index in [2.05, 4.69) is 43.0 Å². The molecule has 3 heteroatoms. The molecule has 0 unspecified atom stereocenters. The monoisotopic (exact) mass is 286 g/mol. The molecule has 2 N–H and O–H groups in total. The number of likely N-dealkylation sites (tertiary alicyclic amines) is 1. The zero-order valence-electron chi connectivity index (χ0n) is 13.1. The van der Waals surface area contributed by atoms with Crippen LogP contribution in [0.4, 0.5) is 0 Å². The van der Waals surface area contributed by atoms with E-state index in [1.807, 2.05) is 0 Å². The van der Waals surface area contributed by atoms with Crippen LogP contribution in [0, 0.1) is 6.92 Å². The van der Waals surface area contributed by atoms with Gasteiger partial charge in [-0.25, -0.2) is 0 Å². The molecule has 1 amide bonds. The SMILES string of the molecule is Cc1ccccc1[C@H]1C[C@H](C)N(C(=O)CC2(N)CCC2)C1. The van der Waals surface area contributed by atoms with Crippen LogP contribution in [-0.4, -0.2) is 28.9 Å². The van der Waals surface area contributed by atoms with Crippen molar-refractivity contribution < 1.29 is 4.79 Å². The molecule has 1 aliphatic carbocycles. The smallest absolute Gasteiger partial charge is 0.224 e. The van der Waals surface area contributed by atoms with Crippen molar-refractivity contribution in [3.63, 3.8) is 0 Å². The van der Waals surface area contributed by atoms with E-state index in [-0.39, 0.29) is 11.4 Å². The van der Waals surface area contributed by atoms with E-state index >= 15 is 0 Å². The van der Waals surface area contributed by atoms with Gasteiger partial charge in [0.1, 0.15) is 0 Å². The highest BCUT2D eigenvalue weighted by atomic mass is 16.2. The van der Waals surface area contributed by atoms with Gasteiger partial charge in [-0.3, -0.25) is 4.79 Å². The van der Waals surface area contributed by atoms with Gasteiger partial charge in [0.2, 0.25) is 5.91 Å². The van der Waals surface area contributed by atoms with E-state index in [1.165, 1.54) is 17.5 Å². The molecule has 21 heavy (non-hydrogen) atoms. The van der Waals surface area contributed by atoms with Crippen LogP contribution in [-0.2, 0) is 4.79 Å². The molecule has 0 radical (unpaired) electrons. The number of hydrogen-bond acceptors (Lipinski definition) is 2. The summed E-state index contributed by atoms with van der Waals surface area (Å²) in [6, 6.07) is 8.87. The Morgan fingerprint density at radius 2 is 2.10 bits per heavy atom. The number of hydrogen-bond donors (Lipinski definition) is 1. The van der Waals surface area contributed by atoms with E-state index in [0.29, 0.717) is 18.4 Å². The highest BCUT2D eigenvalue weighted by molar-refractivity contribution is 5.78. The summed E-state index contributed by atoms with van der Waals surface area (Å²) in [5, 5.41) is 0. The van der Waals surface area contributed by atoms with Gasteiger partial charge in [-0.2, -0.15) is 0 Å². The lowest BCUT2D eigenvalue weighted by Gasteiger charge is -2.39. The van der Waals surface area contributed by atoms with E-state index in [0.717, 1.165) is 25.8 Å². The Kier molecular flexibility index (Phi) is 3.78. The van der Waals surface area contributed by atoms with E-state index in [9.17, 15) is 4.79 Å². The molecule has 1 aliphatic heterocycles. The average molecular weight is 286 g/mol. The molecule has 0 spiro atoms. The number of benzene rings is 1. The van der Waals surface area contributed by atoms with Gasteiger partial charge in [0.15, 0.2) is 0 Å². The van der Waals surface area contributed by atoms with Crippen molar-refractivity contribution in [2.24, 2.45) is 5.73 Å². The zero-order valence-corrected chi connectivity index (χ0v) is 13.1. The molecule has 3 nitrogen and oxygen atoms in total. The number of nitrogens with zero attached hydrogens (tertiary/aromatic N) is 1. The molecule has 0 bridgehead atoms. The van der Waals surface area contributed by atoms with Crippen LogP contribution in [0.3, 0.4) is 0 Å². The minimum atomic E-state index is -0.211. The first kappa shape index (κ1) is 14.6. The fourth-order valence-corrected chi connectivity index (χ4v) is 3.86. The molecule has 0 aromatic heterocycles. The van der Waals surface area contributed by atoms with Crippen molar-refractivity contribution in [1.29, 1.82) is 0 Å². The molecule has 2 aliphatic rings. The van der Waals surface area contributed by atoms with Crippen LogP contribution >= 0.6 is 0 Å². The fraction of sp³-hybridized carbons (Fsp3) is 0.611. The van der Waals surface area contributed by atoms with Gasteiger partial charge >= 0.3 is 0 Å². The van der Waals surface area contributed by atoms with Gasteiger partial charge in [0.25, 0.3) is 0 Å². The van der Waals surface area contributed by atoms with Crippen LogP contribution in [0.2, 0.25) is 0 Å². The second kappa shape index (κ2) is 5.45. The molecule has 2 fully saturated rings. The van der Waals surface area contributed by atoms with Gasteiger partial charge in [-0.1, -0.05) is 24.3 Å². The minimum Gasteiger partial charge on any atom is -0.339 e. The number of aryl methyl sites for hydroxylation is 1. The van der Waals surface area contributed by atoms with E-state index in [1.54, 1.807) is 0 Å². The average Bonchev–Trinajstić information content (AvgIpc) is 2.79. The van der Waals surface area contributed by atoms with Crippen molar-refractivity contribution >= 4 is 5.91 Å². The van der Waals surface area contributed by atoms with Gasteiger partial charge in [-0.15, -0.1) is 0 Å². The normalized spacial score (nSPS) is 27.5. The first-order valence-electron chi connectivity index (χ1n) is 8.12. The molecule has 3 rings (SSSR count). The van der Waals surface area contributed by atoms with Gasteiger partial charge < -0.3 is 10.6 Å².